The summed E-state index contributed by atoms with van der Waals surface area (Å²) in [6.07, 6.45) is 3.98. The van der Waals surface area contributed by atoms with Crippen LogP contribution in [0.1, 0.15) is 18.1 Å². The first-order chi connectivity index (χ1) is 14.7. The molecule has 0 saturated heterocycles. The van der Waals surface area contributed by atoms with Crippen molar-refractivity contribution in [2.45, 2.75) is 6.92 Å². The zero-order valence-corrected chi connectivity index (χ0v) is 16.9. The van der Waals surface area contributed by atoms with Gasteiger partial charge in [-0.05, 0) is 47.9 Å². The first-order valence-corrected chi connectivity index (χ1v) is 9.74. The SMILES string of the molecule is COc1ccc(/C=C/C(=C2/C(=O)N(c3ccccc3)N=C2C)c2ccccc2)cc1. The van der Waals surface area contributed by atoms with E-state index in [0.717, 1.165) is 28.1 Å². The van der Waals surface area contributed by atoms with Crippen LogP contribution in [0.4, 0.5) is 5.69 Å². The molecule has 3 aromatic rings. The van der Waals surface area contributed by atoms with Gasteiger partial charge >= 0.3 is 0 Å². The number of carbonyl (C=O) groups is 1. The third-order valence-electron chi connectivity index (χ3n) is 4.93. The molecule has 0 bridgehead atoms. The second-order valence-corrected chi connectivity index (χ2v) is 6.90. The number of carbonyl (C=O) groups excluding carboxylic acids is 1. The molecule has 4 rings (SSSR count). The Balaban J connectivity index is 1.77. The van der Waals surface area contributed by atoms with Crippen molar-refractivity contribution in [2.24, 2.45) is 5.10 Å². The van der Waals surface area contributed by atoms with E-state index in [9.17, 15) is 4.79 Å². The first kappa shape index (κ1) is 19.4. The maximum Gasteiger partial charge on any atom is 0.281 e. The largest absolute Gasteiger partial charge is 0.497 e. The molecule has 0 aromatic heterocycles. The lowest BCUT2D eigenvalue weighted by atomic mass is 9.96. The highest BCUT2D eigenvalue weighted by Gasteiger charge is 2.31. The Morgan fingerprint density at radius 3 is 2.17 bits per heavy atom. The molecule has 4 nitrogen and oxygen atoms in total. The molecular formula is C26H22N2O2. The lowest BCUT2D eigenvalue weighted by Crippen LogP contribution is -2.21. The number of hydrogen-bond donors (Lipinski definition) is 0. The van der Waals surface area contributed by atoms with Gasteiger partial charge < -0.3 is 4.74 Å². The molecule has 0 aliphatic carbocycles. The van der Waals surface area contributed by atoms with Gasteiger partial charge in [0.15, 0.2) is 0 Å². The number of ether oxygens (including phenoxy) is 1. The van der Waals surface area contributed by atoms with Crippen LogP contribution >= 0.6 is 0 Å². The van der Waals surface area contributed by atoms with E-state index in [-0.39, 0.29) is 5.91 Å². The molecule has 0 radical (unpaired) electrons. The Labute approximate surface area is 176 Å². The number of para-hydroxylation sites is 1. The normalized spacial score (nSPS) is 15.5. The lowest BCUT2D eigenvalue weighted by molar-refractivity contribution is -0.114. The second-order valence-electron chi connectivity index (χ2n) is 6.90. The molecule has 0 saturated carbocycles. The Hall–Kier alpha value is -3.92. The van der Waals surface area contributed by atoms with Crippen LogP contribution < -0.4 is 9.75 Å². The summed E-state index contributed by atoms with van der Waals surface area (Å²) in [6.45, 7) is 1.88. The van der Waals surface area contributed by atoms with E-state index < -0.39 is 0 Å². The maximum atomic E-state index is 13.3. The summed E-state index contributed by atoms with van der Waals surface area (Å²) < 4.78 is 5.23. The highest BCUT2D eigenvalue weighted by molar-refractivity contribution is 6.34. The van der Waals surface area contributed by atoms with Crippen molar-refractivity contribution >= 4 is 29.0 Å². The third kappa shape index (κ3) is 3.94. The fourth-order valence-electron chi connectivity index (χ4n) is 3.40. The van der Waals surface area contributed by atoms with Crippen molar-refractivity contribution in [2.75, 3.05) is 12.1 Å². The Morgan fingerprint density at radius 1 is 0.900 bits per heavy atom. The van der Waals surface area contributed by atoms with E-state index in [1.165, 1.54) is 5.01 Å². The molecule has 30 heavy (non-hydrogen) atoms. The fourth-order valence-corrected chi connectivity index (χ4v) is 3.40. The summed E-state index contributed by atoms with van der Waals surface area (Å²) in [5.41, 5.74) is 4.89. The van der Waals surface area contributed by atoms with E-state index in [1.807, 2.05) is 104 Å². The number of anilines is 1. The third-order valence-corrected chi connectivity index (χ3v) is 4.93. The molecule has 0 spiro atoms. The van der Waals surface area contributed by atoms with Gasteiger partial charge in [-0.1, -0.05) is 72.8 Å². The van der Waals surface area contributed by atoms with Gasteiger partial charge in [-0.15, -0.1) is 0 Å². The summed E-state index contributed by atoms with van der Waals surface area (Å²) in [4.78, 5) is 13.3. The number of hydrogen-bond acceptors (Lipinski definition) is 3. The van der Waals surface area contributed by atoms with E-state index in [1.54, 1.807) is 7.11 Å². The van der Waals surface area contributed by atoms with Gasteiger partial charge in [-0.2, -0.15) is 10.1 Å². The molecule has 0 unspecified atom stereocenters. The smallest absolute Gasteiger partial charge is 0.281 e. The van der Waals surface area contributed by atoms with Crippen molar-refractivity contribution in [3.63, 3.8) is 0 Å². The molecule has 1 amide bonds. The van der Waals surface area contributed by atoms with Crippen LogP contribution in [0.2, 0.25) is 0 Å². The van der Waals surface area contributed by atoms with Gasteiger partial charge in [0, 0.05) is 0 Å². The van der Waals surface area contributed by atoms with Gasteiger partial charge in [0.1, 0.15) is 5.75 Å². The number of nitrogens with zero attached hydrogens (tertiary/aromatic N) is 2. The monoisotopic (exact) mass is 394 g/mol. The van der Waals surface area contributed by atoms with Gasteiger partial charge in [-0.3, -0.25) is 4.79 Å². The minimum absolute atomic E-state index is 0.128. The Bertz CT molecular complexity index is 1130. The van der Waals surface area contributed by atoms with E-state index in [2.05, 4.69) is 5.10 Å². The van der Waals surface area contributed by atoms with Crippen LogP contribution in [0.15, 0.2) is 102 Å². The van der Waals surface area contributed by atoms with E-state index in [0.29, 0.717) is 11.3 Å². The molecule has 148 valence electrons. The summed E-state index contributed by atoms with van der Waals surface area (Å²) in [7, 11) is 1.65. The number of rotatable bonds is 5. The zero-order valence-electron chi connectivity index (χ0n) is 16.9. The van der Waals surface area contributed by atoms with Crippen LogP contribution in [-0.2, 0) is 4.79 Å². The average molecular weight is 394 g/mol. The van der Waals surface area contributed by atoms with Crippen molar-refractivity contribution < 1.29 is 9.53 Å². The van der Waals surface area contributed by atoms with Crippen LogP contribution in [-0.4, -0.2) is 18.7 Å². The number of amides is 1. The van der Waals surface area contributed by atoms with Crippen molar-refractivity contribution in [1.29, 1.82) is 0 Å². The standard InChI is InChI=1S/C26H22N2O2/c1-19-25(26(29)28(27-19)22-11-7-4-8-12-22)24(21-9-5-3-6-10-21)18-15-20-13-16-23(30-2)17-14-20/h3-18H,1-2H3/b18-15+,25-24-. The highest BCUT2D eigenvalue weighted by atomic mass is 16.5. The summed E-state index contributed by atoms with van der Waals surface area (Å²) in [6, 6.07) is 27.2. The quantitative estimate of drug-likeness (QED) is 0.530. The van der Waals surface area contributed by atoms with Gasteiger partial charge in [0.05, 0.1) is 24.1 Å². The summed E-state index contributed by atoms with van der Waals surface area (Å²) in [5.74, 6) is 0.679. The minimum Gasteiger partial charge on any atom is -0.497 e. The number of benzene rings is 3. The first-order valence-electron chi connectivity index (χ1n) is 9.74. The number of allylic oxidation sites excluding steroid dienone is 2. The average Bonchev–Trinajstić information content (AvgIpc) is 3.10. The molecule has 0 N–H and O–H groups in total. The molecule has 0 atom stereocenters. The maximum absolute atomic E-state index is 13.3. The Kier molecular flexibility index (Phi) is 5.57. The molecule has 1 aliphatic heterocycles. The van der Waals surface area contributed by atoms with Crippen LogP contribution in [0.25, 0.3) is 11.6 Å². The van der Waals surface area contributed by atoms with Crippen molar-refractivity contribution in [1.82, 2.24) is 0 Å². The molecule has 3 aromatic carbocycles. The molecule has 1 heterocycles. The van der Waals surface area contributed by atoms with Crippen molar-refractivity contribution in [3.8, 4) is 5.75 Å². The van der Waals surface area contributed by atoms with Crippen LogP contribution in [0.5, 0.6) is 5.75 Å². The number of methoxy groups -OCH3 is 1. The predicted molar refractivity (Wildman–Crippen MR) is 122 cm³/mol. The van der Waals surface area contributed by atoms with E-state index in [4.69, 9.17) is 4.74 Å². The van der Waals surface area contributed by atoms with Gasteiger partial charge in [0.2, 0.25) is 0 Å². The highest BCUT2D eigenvalue weighted by Crippen LogP contribution is 2.30. The van der Waals surface area contributed by atoms with Crippen LogP contribution in [0, 0.1) is 0 Å². The molecule has 4 heteroatoms. The fraction of sp³-hybridized carbons (Fsp3) is 0.0769. The second kappa shape index (κ2) is 8.62. The lowest BCUT2D eigenvalue weighted by Gasteiger charge is -2.12. The molecular weight excluding hydrogens is 372 g/mol. The minimum atomic E-state index is -0.128. The van der Waals surface area contributed by atoms with Crippen molar-refractivity contribution in [3.05, 3.63) is 108 Å². The predicted octanol–water partition coefficient (Wildman–Crippen LogP) is 5.58. The van der Waals surface area contributed by atoms with Gasteiger partial charge in [-0.25, -0.2) is 0 Å². The van der Waals surface area contributed by atoms with E-state index >= 15 is 0 Å². The summed E-state index contributed by atoms with van der Waals surface area (Å²) >= 11 is 0. The van der Waals surface area contributed by atoms with Crippen LogP contribution in [0.3, 0.4) is 0 Å². The Morgan fingerprint density at radius 2 is 1.53 bits per heavy atom. The topological polar surface area (TPSA) is 41.9 Å². The number of hydrazone groups is 1. The molecule has 1 aliphatic rings. The summed E-state index contributed by atoms with van der Waals surface area (Å²) in [5, 5.41) is 6.00. The van der Waals surface area contributed by atoms with Gasteiger partial charge in [0.25, 0.3) is 5.91 Å². The molecule has 0 fully saturated rings. The zero-order chi connectivity index (χ0) is 20.9.